The van der Waals surface area contributed by atoms with Crippen molar-refractivity contribution in [3.8, 4) is 16.2 Å². The minimum Gasteiger partial charge on any atom is -0.508 e. The van der Waals surface area contributed by atoms with Crippen molar-refractivity contribution >= 4 is 56.2 Å². The second-order valence-electron chi connectivity index (χ2n) is 6.28. The van der Waals surface area contributed by atoms with Crippen molar-refractivity contribution < 1.29 is 14.7 Å². The number of phenols is 1. The fourth-order valence-electron chi connectivity index (χ4n) is 2.97. The number of rotatable bonds is 5. The molecule has 0 aliphatic carbocycles. The van der Waals surface area contributed by atoms with E-state index < -0.39 is 5.91 Å². The SMILES string of the molecule is NC(=O)c1cc2c(-c3ccc(C(=O)NCc4ccccc4O)s3)c(Cl)ccc2s1. The Bertz CT molecular complexity index is 1250. The number of carbonyl (C=O) groups excluding carboxylic acids is 2. The fraction of sp³-hybridized carbons (Fsp3) is 0.0476. The summed E-state index contributed by atoms with van der Waals surface area (Å²) in [5.74, 6) is -0.583. The highest BCUT2D eigenvalue weighted by atomic mass is 35.5. The van der Waals surface area contributed by atoms with Gasteiger partial charge in [0.05, 0.1) is 9.75 Å². The van der Waals surface area contributed by atoms with E-state index in [1.165, 1.54) is 22.7 Å². The highest BCUT2D eigenvalue weighted by Crippen LogP contribution is 2.41. The second-order valence-corrected chi connectivity index (χ2v) is 8.86. The first-order valence-corrected chi connectivity index (χ1v) is 10.6. The van der Waals surface area contributed by atoms with Gasteiger partial charge in [-0.1, -0.05) is 29.8 Å². The van der Waals surface area contributed by atoms with E-state index in [4.69, 9.17) is 17.3 Å². The molecule has 0 radical (unpaired) electrons. The molecule has 0 unspecified atom stereocenters. The summed E-state index contributed by atoms with van der Waals surface area (Å²) in [5, 5.41) is 14.0. The molecule has 0 spiro atoms. The van der Waals surface area contributed by atoms with Crippen LogP contribution in [0.5, 0.6) is 5.75 Å². The van der Waals surface area contributed by atoms with Crippen LogP contribution < -0.4 is 11.1 Å². The molecule has 4 aromatic rings. The van der Waals surface area contributed by atoms with E-state index in [1.54, 1.807) is 42.5 Å². The summed E-state index contributed by atoms with van der Waals surface area (Å²) in [6, 6.07) is 15.8. The van der Waals surface area contributed by atoms with Crippen LogP contribution in [0, 0.1) is 0 Å². The molecule has 2 heterocycles. The second kappa shape index (κ2) is 7.87. The van der Waals surface area contributed by atoms with Gasteiger partial charge in [0, 0.05) is 37.7 Å². The number of primary amides is 1. The minimum absolute atomic E-state index is 0.140. The zero-order valence-corrected chi connectivity index (χ0v) is 17.3. The summed E-state index contributed by atoms with van der Waals surface area (Å²) < 4.78 is 0.900. The summed E-state index contributed by atoms with van der Waals surface area (Å²) in [5.41, 5.74) is 6.83. The lowest BCUT2D eigenvalue weighted by molar-refractivity contribution is 0.0953. The Labute approximate surface area is 179 Å². The molecule has 4 N–H and O–H groups in total. The number of para-hydroxylation sites is 1. The van der Waals surface area contributed by atoms with Gasteiger partial charge in [-0.15, -0.1) is 22.7 Å². The molecule has 0 aliphatic rings. The van der Waals surface area contributed by atoms with E-state index in [1.807, 2.05) is 12.1 Å². The van der Waals surface area contributed by atoms with E-state index in [9.17, 15) is 14.7 Å². The van der Waals surface area contributed by atoms with Crippen LogP contribution in [0.1, 0.15) is 24.9 Å². The topological polar surface area (TPSA) is 92.4 Å². The zero-order valence-electron chi connectivity index (χ0n) is 14.9. The van der Waals surface area contributed by atoms with Gasteiger partial charge in [-0.3, -0.25) is 9.59 Å². The largest absolute Gasteiger partial charge is 0.508 e. The fourth-order valence-corrected chi connectivity index (χ4v) is 5.21. The highest BCUT2D eigenvalue weighted by molar-refractivity contribution is 7.21. The summed E-state index contributed by atoms with van der Waals surface area (Å²) in [6.45, 7) is 0.224. The Morgan fingerprint density at radius 1 is 1.03 bits per heavy atom. The van der Waals surface area contributed by atoms with Crippen LogP contribution in [-0.2, 0) is 6.54 Å². The predicted octanol–water partition coefficient (Wildman–Crippen LogP) is 5.02. The normalized spacial score (nSPS) is 10.9. The summed E-state index contributed by atoms with van der Waals surface area (Å²) in [4.78, 5) is 25.9. The van der Waals surface area contributed by atoms with Crippen LogP contribution in [-0.4, -0.2) is 16.9 Å². The maximum Gasteiger partial charge on any atom is 0.261 e. The molecule has 0 aliphatic heterocycles. The van der Waals surface area contributed by atoms with Crippen molar-refractivity contribution in [1.29, 1.82) is 0 Å². The molecule has 4 rings (SSSR count). The molecule has 2 aromatic heterocycles. The van der Waals surface area contributed by atoms with E-state index in [0.717, 1.165) is 20.5 Å². The quantitative estimate of drug-likeness (QED) is 0.405. The number of carbonyl (C=O) groups is 2. The van der Waals surface area contributed by atoms with Gasteiger partial charge in [0.15, 0.2) is 0 Å². The Kier molecular flexibility index (Phi) is 5.27. The van der Waals surface area contributed by atoms with Gasteiger partial charge in [0.1, 0.15) is 5.75 Å². The van der Waals surface area contributed by atoms with Crippen LogP contribution in [0.3, 0.4) is 0 Å². The lowest BCUT2D eigenvalue weighted by Gasteiger charge is -2.06. The molecule has 5 nitrogen and oxygen atoms in total. The first-order chi connectivity index (χ1) is 13.9. The van der Waals surface area contributed by atoms with E-state index in [2.05, 4.69) is 5.32 Å². The van der Waals surface area contributed by atoms with Gasteiger partial charge >= 0.3 is 0 Å². The molecule has 0 saturated heterocycles. The monoisotopic (exact) mass is 442 g/mol. The van der Waals surface area contributed by atoms with Gasteiger partial charge in [-0.2, -0.15) is 0 Å². The van der Waals surface area contributed by atoms with Gasteiger partial charge in [-0.05, 0) is 36.4 Å². The molecule has 0 atom stereocenters. The first-order valence-electron chi connectivity index (χ1n) is 8.61. The number of hydrogen-bond donors (Lipinski definition) is 3. The van der Waals surface area contributed by atoms with Gasteiger partial charge in [0.25, 0.3) is 11.8 Å². The molecule has 2 amide bonds. The van der Waals surface area contributed by atoms with Gasteiger partial charge < -0.3 is 16.2 Å². The Balaban J connectivity index is 1.62. The number of aromatic hydroxyl groups is 1. The van der Waals surface area contributed by atoms with Crippen LogP contribution in [0.4, 0.5) is 0 Å². The first kappa shape index (κ1) is 19.4. The number of nitrogens with two attached hydrogens (primary N) is 1. The number of fused-ring (bicyclic) bond motifs is 1. The van der Waals surface area contributed by atoms with Crippen molar-refractivity contribution in [3.05, 3.63) is 74.9 Å². The maximum absolute atomic E-state index is 12.5. The van der Waals surface area contributed by atoms with Crippen molar-refractivity contribution in [1.82, 2.24) is 5.32 Å². The molecule has 146 valence electrons. The maximum atomic E-state index is 12.5. The smallest absolute Gasteiger partial charge is 0.261 e. The molecule has 8 heteroatoms. The zero-order chi connectivity index (χ0) is 20.5. The third-order valence-corrected chi connectivity index (χ3v) is 6.93. The molecular formula is C21H15ClN2O3S2. The number of halogens is 1. The highest BCUT2D eigenvalue weighted by Gasteiger charge is 2.17. The number of amides is 2. The van der Waals surface area contributed by atoms with Crippen molar-refractivity contribution in [2.45, 2.75) is 6.54 Å². The lowest BCUT2D eigenvalue weighted by atomic mass is 10.1. The number of phenolic OH excluding ortho intramolecular Hbond substituents is 1. The Morgan fingerprint density at radius 2 is 1.83 bits per heavy atom. The molecule has 0 bridgehead atoms. The summed E-state index contributed by atoms with van der Waals surface area (Å²) >= 11 is 9.06. The Morgan fingerprint density at radius 3 is 2.59 bits per heavy atom. The summed E-state index contributed by atoms with van der Waals surface area (Å²) in [6.07, 6.45) is 0. The number of nitrogens with one attached hydrogen (secondary N) is 1. The Hall–Kier alpha value is -2.87. The predicted molar refractivity (Wildman–Crippen MR) is 118 cm³/mol. The van der Waals surface area contributed by atoms with Crippen LogP contribution in [0.25, 0.3) is 20.5 Å². The molecule has 2 aromatic carbocycles. The average Bonchev–Trinajstić information content (AvgIpc) is 3.34. The van der Waals surface area contributed by atoms with Gasteiger partial charge in [0.2, 0.25) is 0 Å². The lowest BCUT2D eigenvalue weighted by Crippen LogP contribution is -2.21. The minimum atomic E-state index is -0.483. The van der Waals surface area contributed by atoms with Crippen LogP contribution >= 0.6 is 34.3 Å². The summed E-state index contributed by atoms with van der Waals surface area (Å²) in [7, 11) is 0. The number of hydrogen-bond acceptors (Lipinski definition) is 5. The standard InChI is InChI=1S/C21H15ClN2O3S2/c22-13-5-6-15-12(9-18(28-15)20(23)26)19(13)16-7-8-17(29-16)21(27)24-10-11-3-1-2-4-14(11)25/h1-9,25H,10H2,(H2,23,26)(H,24,27). The molecule has 29 heavy (non-hydrogen) atoms. The van der Waals surface area contributed by atoms with Gasteiger partial charge in [-0.25, -0.2) is 0 Å². The third-order valence-electron chi connectivity index (χ3n) is 4.40. The number of thiophene rings is 2. The third kappa shape index (κ3) is 3.85. The molecular weight excluding hydrogens is 428 g/mol. The molecule has 0 fully saturated rings. The average molecular weight is 443 g/mol. The van der Waals surface area contributed by atoms with E-state index >= 15 is 0 Å². The van der Waals surface area contributed by atoms with E-state index in [0.29, 0.717) is 20.3 Å². The van der Waals surface area contributed by atoms with Crippen molar-refractivity contribution in [2.75, 3.05) is 0 Å². The van der Waals surface area contributed by atoms with Crippen LogP contribution in [0.15, 0.2) is 54.6 Å². The number of benzene rings is 2. The van der Waals surface area contributed by atoms with Crippen LogP contribution in [0.2, 0.25) is 5.02 Å². The van der Waals surface area contributed by atoms with E-state index in [-0.39, 0.29) is 18.2 Å². The molecule has 0 saturated carbocycles. The van der Waals surface area contributed by atoms with Crippen molar-refractivity contribution in [2.24, 2.45) is 5.73 Å². The van der Waals surface area contributed by atoms with Crippen molar-refractivity contribution in [3.63, 3.8) is 0 Å².